The molecule has 158 valence electrons. The summed E-state index contributed by atoms with van der Waals surface area (Å²) in [6, 6.07) is 11.7. The van der Waals surface area contributed by atoms with Crippen LogP contribution < -0.4 is 4.90 Å². The predicted octanol–water partition coefficient (Wildman–Crippen LogP) is 5.35. The zero-order valence-electron chi connectivity index (χ0n) is 18.0. The largest absolute Gasteiger partial charge is 0.444 e. The lowest BCUT2D eigenvalue weighted by Gasteiger charge is -2.40. The molecule has 0 bridgehead atoms. The van der Waals surface area contributed by atoms with Gasteiger partial charge in [0.25, 0.3) is 0 Å². The van der Waals surface area contributed by atoms with E-state index in [0.717, 1.165) is 43.5 Å². The Bertz CT molecular complexity index is 997. The third-order valence-corrected chi connectivity index (χ3v) is 6.54. The number of ether oxygens (including phenoxy) is 1. The van der Waals surface area contributed by atoms with Crippen LogP contribution in [0.2, 0.25) is 0 Å². The van der Waals surface area contributed by atoms with Gasteiger partial charge in [0.15, 0.2) is 0 Å². The van der Waals surface area contributed by atoms with Crippen LogP contribution in [-0.2, 0) is 11.2 Å². The molecule has 0 radical (unpaired) electrons. The minimum atomic E-state index is -0.492. The SMILES string of the molecule is CC(C)(C)OC(=O)N1CC[C@H]2[C@@H](C1)c1cc(-c3cccc(F)c3)cc3c1N2CCC3. The molecule has 0 aromatic heterocycles. The maximum atomic E-state index is 13.9. The third-order valence-electron chi connectivity index (χ3n) is 6.54. The fourth-order valence-electron chi connectivity index (χ4n) is 5.37. The second-order valence-corrected chi connectivity index (χ2v) is 9.77. The van der Waals surface area contributed by atoms with E-state index in [4.69, 9.17) is 4.74 Å². The smallest absolute Gasteiger partial charge is 0.410 e. The molecule has 2 aromatic rings. The Morgan fingerprint density at radius 3 is 2.73 bits per heavy atom. The first-order valence-corrected chi connectivity index (χ1v) is 11.0. The van der Waals surface area contributed by atoms with Crippen molar-refractivity contribution in [1.29, 1.82) is 0 Å². The number of nitrogens with zero attached hydrogens (tertiary/aromatic N) is 2. The first-order chi connectivity index (χ1) is 14.3. The molecule has 30 heavy (non-hydrogen) atoms. The first-order valence-electron chi connectivity index (χ1n) is 11.0. The molecule has 0 N–H and O–H groups in total. The number of piperidine rings is 1. The molecule has 3 aliphatic heterocycles. The zero-order valence-corrected chi connectivity index (χ0v) is 18.0. The standard InChI is InChI=1S/C25H29FN2O2/c1-25(2,3)30-24(29)27-11-9-22-21(15-27)20-14-18(16-6-4-8-19(26)13-16)12-17-7-5-10-28(22)23(17)20/h4,6,8,12-14,21-22H,5,7,9-11,15H2,1-3H3/t21-,22-/m0/s1. The lowest BCUT2D eigenvalue weighted by Crippen LogP contribution is -2.49. The number of amides is 1. The Morgan fingerprint density at radius 1 is 1.13 bits per heavy atom. The lowest BCUT2D eigenvalue weighted by molar-refractivity contribution is 0.0189. The van der Waals surface area contributed by atoms with E-state index in [-0.39, 0.29) is 17.8 Å². The number of halogens is 1. The molecule has 1 fully saturated rings. The molecule has 2 aromatic carbocycles. The van der Waals surface area contributed by atoms with Gasteiger partial charge in [-0.3, -0.25) is 0 Å². The predicted molar refractivity (Wildman–Crippen MR) is 116 cm³/mol. The molecule has 4 nitrogen and oxygen atoms in total. The highest BCUT2D eigenvalue weighted by atomic mass is 19.1. The highest BCUT2D eigenvalue weighted by Crippen LogP contribution is 2.50. The van der Waals surface area contributed by atoms with Crippen LogP contribution in [0.4, 0.5) is 14.9 Å². The number of hydrogen-bond acceptors (Lipinski definition) is 3. The van der Waals surface area contributed by atoms with Crippen molar-refractivity contribution in [3.63, 3.8) is 0 Å². The quantitative estimate of drug-likeness (QED) is 0.637. The van der Waals surface area contributed by atoms with Crippen LogP contribution in [0.1, 0.15) is 50.7 Å². The Kier molecular flexibility index (Phi) is 4.53. The van der Waals surface area contributed by atoms with Gasteiger partial charge in [-0.2, -0.15) is 0 Å². The van der Waals surface area contributed by atoms with Gasteiger partial charge in [-0.05, 0) is 86.6 Å². The summed E-state index contributed by atoms with van der Waals surface area (Å²) in [4.78, 5) is 17.2. The van der Waals surface area contributed by atoms with Crippen LogP contribution in [0.15, 0.2) is 36.4 Å². The van der Waals surface area contributed by atoms with Crippen LogP contribution >= 0.6 is 0 Å². The van der Waals surface area contributed by atoms with Crippen LogP contribution in [0.3, 0.4) is 0 Å². The van der Waals surface area contributed by atoms with Crippen LogP contribution in [-0.4, -0.2) is 42.3 Å². The monoisotopic (exact) mass is 408 g/mol. The summed E-state index contributed by atoms with van der Waals surface area (Å²) in [5, 5.41) is 0. The number of hydrogen-bond donors (Lipinski definition) is 0. The van der Waals surface area contributed by atoms with E-state index < -0.39 is 5.60 Å². The summed E-state index contributed by atoms with van der Waals surface area (Å²) in [6.45, 7) is 8.20. The minimum Gasteiger partial charge on any atom is -0.444 e. The molecular weight excluding hydrogens is 379 g/mol. The van der Waals surface area contributed by atoms with Crippen molar-refractivity contribution in [3.8, 4) is 11.1 Å². The van der Waals surface area contributed by atoms with Gasteiger partial charge >= 0.3 is 6.09 Å². The van der Waals surface area contributed by atoms with E-state index in [9.17, 15) is 9.18 Å². The highest BCUT2D eigenvalue weighted by molar-refractivity contribution is 5.77. The molecule has 3 heterocycles. The van der Waals surface area contributed by atoms with E-state index in [1.165, 1.54) is 22.9 Å². The molecule has 0 saturated carbocycles. The van der Waals surface area contributed by atoms with Gasteiger partial charge in [0.2, 0.25) is 0 Å². The van der Waals surface area contributed by atoms with E-state index >= 15 is 0 Å². The number of carbonyl (C=O) groups is 1. The van der Waals surface area contributed by atoms with Crippen molar-refractivity contribution in [1.82, 2.24) is 4.90 Å². The van der Waals surface area contributed by atoms with Crippen molar-refractivity contribution in [2.24, 2.45) is 0 Å². The van der Waals surface area contributed by atoms with E-state index in [0.29, 0.717) is 12.6 Å². The number of aryl methyl sites for hydroxylation is 1. The van der Waals surface area contributed by atoms with Gasteiger partial charge in [-0.25, -0.2) is 9.18 Å². The molecule has 3 aliphatic rings. The number of rotatable bonds is 1. The second-order valence-electron chi connectivity index (χ2n) is 9.77. The van der Waals surface area contributed by atoms with Gasteiger partial charge in [0, 0.05) is 37.3 Å². The van der Waals surface area contributed by atoms with Crippen LogP contribution in [0.5, 0.6) is 0 Å². The van der Waals surface area contributed by atoms with Gasteiger partial charge in [0.1, 0.15) is 11.4 Å². The van der Waals surface area contributed by atoms with E-state index in [1.807, 2.05) is 31.7 Å². The molecule has 1 saturated heterocycles. The summed E-state index contributed by atoms with van der Waals surface area (Å²) in [7, 11) is 0. The van der Waals surface area contributed by atoms with Crippen molar-refractivity contribution >= 4 is 11.8 Å². The van der Waals surface area contributed by atoms with E-state index in [2.05, 4.69) is 17.0 Å². The molecular formula is C25H29FN2O2. The second kappa shape index (κ2) is 7.00. The fraction of sp³-hybridized carbons (Fsp3) is 0.480. The number of anilines is 1. The molecule has 5 rings (SSSR count). The van der Waals surface area contributed by atoms with Crippen LogP contribution in [0, 0.1) is 5.82 Å². The Morgan fingerprint density at radius 2 is 1.97 bits per heavy atom. The fourth-order valence-corrected chi connectivity index (χ4v) is 5.37. The van der Waals surface area contributed by atoms with Crippen molar-refractivity contribution in [2.75, 3.05) is 24.5 Å². The molecule has 0 aliphatic carbocycles. The van der Waals surface area contributed by atoms with Crippen molar-refractivity contribution in [3.05, 3.63) is 53.3 Å². The lowest BCUT2D eigenvalue weighted by atomic mass is 9.87. The maximum Gasteiger partial charge on any atom is 0.410 e. The van der Waals surface area contributed by atoms with Crippen molar-refractivity contribution < 1.29 is 13.9 Å². The average Bonchev–Trinajstić information content (AvgIpc) is 3.02. The summed E-state index contributed by atoms with van der Waals surface area (Å²) < 4.78 is 19.5. The summed E-state index contributed by atoms with van der Waals surface area (Å²) in [5.74, 6) is 0.0570. The zero-order chi connectivity index (χ0) is 21.0. The van der Waals surface area contributed by atoms with Crippen LogP contribution in [0.25, 0.3) is 11.1 Å². The Hall–Kier alpha value is -2.56. The minimum absolute atomic E-state index is 0.213. The van der Waals surface area contributed by atoms with Gasteiger partial charge in [0.05, 0.1) is 0 Å². The number of fused-ring (bicyclic) bond motifs is 3. The maximum absolute atomic E-state index is 13.9. The summed E-state index contributed by atoms with van der Waals surface area (Å²) in [6.07, 6.45) is 2.92. The molecule has 0 unspecified atom stereocenters. The number of carbonyl (C=O) groups excluding carboxylic acids is 1. The summed E-state index contributed by atoms with van der Waals surface area (Å²) in [5.41, 5.74) is 5.52. The molecule has 5 heteroatoms. The van der Waals surface area contributed by atoms with Crippen molar-refractivity contribution in [2.45, 2.75) is 57.6 Å². The van der Waals surface area contributed by atoms with Gasteiger partial charge in [-0.1, -0.05) is 12.1 Å². The van der Waals surface area contributed by atoms with Gasteiger partial charge < -0.3 is 14.5 Å². The Labute approximate surface area is 177 Å². The molecule has 1 amide bonds. The Balaban J connectivity index is 1.51. The highest BCUT2D eigenvalue weighted by Gasteiger charge is 2.45. The molecule has 2 atom stereocenters. The normalized spacial score (nSPS) is 22.5. The average molecular weight is 409 g/mol. The first kappa shape index (κ1) is 19.4. The number of likely N-dealkylation sites (tertiary alicyclic amines) is 1. The number of benzene rings is 2. The third kappa shape index (κ3) is 3.34. The topological polar surface area (TPSA) is 32.8 Å². The summed E-state index contributed by atoms with van der Waals surface area (Å²) >= 11 is 0. The van der Waals surface area contributed by atoms with E-state index in [1.54, 1.807) is 12.1 Å². The van der Waals surface area contributed by atoms with Gasteiger partial charge in [-0.15, -0.1) is 0 Å². The molecule has 0 spiro atoms.